The summed E-state index contributed by atoms with van der Waals surface area (Å²) in [5.41, 5.74) is 4.17. The SMILES string of the molecule is Cc1ccc2c(CC(=O)N3CCCC3CC(C)O)coc2c1C. The molecule has 124 valence electrons. The van der Waals surface area contributed by atoms with E-state index in [1.807, 2.05) is 17.9 Å². The van der Waals surface area contributed by atoms with E-state index in [1.165, 1.54) is 5.56 Å². The predicted octanol–water partition coefficient (Wildman–Crippen LogP) is 3.35. The summed E-state index contributed by atoms with van der Waals surface area (Å²) in [4.78, 5) is 14.6. The first kappa shape index (κ1) is 16.1. The van der Waals surface area contributed by atoms with Gasteiger partial charge in [-0.1, -0.05) is 12.1 Å². The zero-order valence-corrected chi connectivity index (χ0v) is 14.1. The number of likely N-dealkylation sites (tertiary alicyclic amines) is 1. The Morgan fingerprint density at radius 3 is 2.96 bits per heavy atom. The van der Waals surface area contributed by atoms with Gasteiger partial charge >= 0.3 is 0 Å². The maximum Gasteiger partial charge on any atom is 0.227 e. The topological polar surface area (TPSA) is 53.7 Å². The molecular weight excluding hydrogens is 290 g/mol. The van der Waals surface area contributed by atoms with Crippen molar-refractivity contribution in [1.29, 1.82) is 0 Å². The van der Waals surface area contributed by atoms with Crippen LogP contribution < -0.4 is 0 Å². The molecule has 4 heteroatoms. The molecule has 4 nitrogen and oxygen atoms in total. The van der Waals surface area contributed by atoms with Crippen LogP contribution in [0.15, 0.2) is 22.8 Å². The third kappa shape index (κ3) is 3.13. The highest BCUT2D eigenvalue weighted by Gasteiger charge is 2.29. The van der Waals surface area contributed by atoms with Crippen molar-refractivity contribution in [3.63, 3.8) is 0 Å². The van der Waals surface area contributed by atoms with Crippen LogP contribution in [0.5, 0.6) is 0 Å². The van der Waals surface area contributed by atoms with Gasteiger partial charge in [0.25, 0.3) is 0 Å². The summed E-state index contributed by atoms with van der Waals surface area (Å²) in [5, 5.41) is 10.6. The van der Waals surface area contributed by atoms with Gasteiger partial charge in [-0.3, -0.25) is 4.79 Å². The Morgan fingerprint density at radius 1 is 1.43 bits per heavy atom. The molecule has 2 unspecified atom stereocenters. The predicted molar refractivity (Wildman–Crippen MR) is 90.4 cm³/mol. The zero-order valence-electron chi connectivity index (χ0n) is 14.1. The highest BCUT2D eigenvalue weighted by molar-refractivity contribution is 5.89. The van der Waals surface area contributed by atoms with Gasteiger partial charge in [0.05, 0.1) is 18.8 Å². The Bertz CT molecular complexity index is 717. The first-order valence-electron chi connectivity index (χ1n) is 8.41. The number of fused-ring (bicyclic) bond motifs is 1. The van der Waals surface area contributed by atoms with E-state index in [4.69, 9.17) is 4.42 Å². The molecule has 0 aliphatic carbocycles. The largest absolute Gasteiger partial charge is 0.464 e. The second-order valence-corrected chi connectivity index (χ2v) is 6.79. The smallest absolute Gasteiger partial charge is 0.227 e. The van der Waals surface area contributed by atoms with Gasteiger partial charge in [-0.15, -0.1) is 0 Å². The summed E-state index contributed by atoms with van der Waals surface area (Å²) in [7, 11) is 0. The van der Waals surface area contributed by atoms with Crippen LogP contribution >= 0.6 is 0 Å². The molecule has 1 aliphatic rings. The van der Waals surface area contributed by atoms with Gasteiger partial charge in [0.2, 0.25) is 5.91 Å². The fourth-order valence-corrected chi connectivity index (χ4v) is 3.59. The second kappa shape index (κ2) is 6.36. The average molecular weight is 315 g/mol. The number of carbonyl (C=O) groups excluding carboxylic acids is 1. The lowest BCUT2D eigenvalue weighted by Gasteiger charge is -2.25. The van der Waals surface area contributed by atoms with Crippen LogP contribution in [-0.4, -0.2) is 34.6 Å². The summed E-state index contributed by atoms with van der Waals surface area (Å²) in [6.07, 6.45) is 4.39. The number of hydrogen-bond donors (Lipinski definition) is 1. The zero-order chi connectivity index (χ0) is 16.6. The average Bonchev–Trinajstić information content (AvgIpc) is 3.10. The van der Waals surface area contributed by atoms with Gasteiger partial charge in [0.15, 0.2) is 0 Å². The molecule has 1 aromatic heterocycles. The summed E-state index contributed by atoms with van der Waals surface area (Å²) in [6.45, 7) is 6.69. The Balaban J connectivity index is 1.79. The number of benzene rings is 1. The van der Waals surface area contributed by atoms with Crippen molar-refractivity contribution in [2.45, 2.75) is 58.6 Å². The molecule has 3 rings (SSSR count). The first-order valence-corrected chi connectivity index (χ1v) is 8.41. The van der Waals surface area contributed by atoms with E-state index in [0.29, 0.717) is 12.8 Å². The van der Waals surface area contributed by atoms with Crippen molar-refractivity contribution in [2.75, 3.05) is 6.54 Å². The van der Waals surface area contributed by atoms with Gasteiger partial charge in [-0.25, -0.2) is 0 Å². The fourth-order valence-electron chi connectivity index (χ4n) is 3.59. The summed E-state index contributed by atoms with van der Waals surface area (Å²) in [5.74, 6) is 0.133. The second-order valence-electron chi connectivity index (χ2n) is 6.79. The standard InChI is InChI=1S/C19H25NO3/c1-12-6-7-17-15(11-23-19(17)14(12)3)10-18(22)20-8-4-5-16(20)9-13(2)21/h6-7,11,13,16,21H,4-5,8-10H2,1-3H3. The van der Waals surface area contributed by atoms with E-state index in [2.05, 4.69) is 13.0 Å². The third-order valence-corrected chi connectivity index (χ3v) is 4.99. The lowest BCUT2D eigenvalue weighted by Crippen LogP contribution is -2.38. The number of hydrogen-bond acceptors (Lipinski definition) is 3. The summed E-state index contributed by atoms with van der Waals surface area (Å²) >= 11 is 0. The third-order valence-electron chi connectivity index (χ3n) is 4.99. The molecule has 1 aromatic carbocycles. The molecule has 0 spiro atoms. The van der Waals surface area contributed by atoms with E-state index in [9.17, 15) is 9.90 Å². The van der Waals surface area contributed by atoms with Crippen LogP contribution in [0.4, 0.5) is 0 Å². The molecular formula is C19H25NO3. The van der Waals surface area contributed by atoms with Gasteiger partial charge in [-0.05, 0) is 51.2 Å². The molecule has 23 heavy (non-hydrogen) atoms. The molecule has 2 aromatic rings. The molecule has 1 aliphatic heterocycles. The highest BCUT2D eigenvalue weighted by Crippen LogP contribution is 2.28. The summed E-state index contributed by atoms with van der Waals surface area (Å²) in [6, 6.07) is 4.29. The van der Waals surface area contributed by atoms with E-state index in [1.54, 1.807) is 13.2 Å². The van der Waals surface area contributed by atoms with Crippen molar-refractivity contribution in [2.24, 2.45) is 0 Å². The maximum absolute atomic E-state index is 12.7. The van der Waals surface area contributed by atoms with E-state index >= 15 is 0 Å². The number of rotatable bonds is 4. The first-order chi connectivity index (χ1) is 11.0. The van der Waals surface area contributed by atoms with Gasteiger partial charge < -0.3 is 14.4 Å². The van der Waals surface area contributed by atoms with Gasteiger partial charge in [0.1, 0.15) is 5.58 Å². The Hall–Kier alpha value is -1.81. The Morgan fingerprint density at radius 2 is 2.22 bits per heavy atom. The molecule has 1 fully saturated rings. The van der Waals surface area contributed by atoms with Gasteiger partial charge in [-0.2, -0.15) is 0 Å². The van der Waals surface area contributed by atoms with Crippen LogP contribution in [-0.2, 0) is 11.2 Å². The van der Waals surface area contributed by atoms with E-state index < -0.39 is 0 Å². The van der Waals surface area contributed by atoms with E-state index in [0.717, 1.165) is 41.5 Å². The number of aliphatic hydroxyl groups is 1. The van der Waals surface area contributed by atoms with Crippen LogP contribution in [0.25, 0.3) is 11.0 Å². The Kier molecular flexibility index (Phi) is 4.44. The number of aliphatic hydroxyl groups excluding tert-OH is 1. The molecule has 0 bridgehead atoms. The Labute approximate surface area is 137 Å². The molecule has 1 saturated heterocycles. The highest BCUT2D eigenvalue weighted by atomic mass is 16.3. The molecule has 1 amide bonds. The molecule has 1 N–H and O–H groups in total. The number of aryl methyl sites for hydroxylation is 2. The molecule has 2 heterocycles. The maximum atomic E-state index is 12.7. The minimum absolute atomic E-state index is 0.133. The van der Waals surface area contributed by atoms with Crippen LogP contribution in [0, 0.1) is 13.8 Å². The minimum Gasteiger partial charge on any atom is -0.464 e. The molecule has 0 radical (unpaired) electrons. The normalized spacial score (nSPS) is 19.5. The molecule has 2 atom stereocenters. The van der Waals surface area contributed by atoms with E-state index in [-0.39, 0.29) is 18.1 Å². The lowest BCUT2D eigenvalue weighted by atomic mass is 10.0. The lowest BCUT2D eigenvalue weighted by molar-refractivity contribution is -0.131. The summed E-state index contributed by atoms with van der Waals surface area (Å²) < 4.78 is 5.70. The van der Waals surface area contributed by atoms with Crippen molar-refractivity contribution < 1.29 is 14.3 Å². The minimum atomic E-state index is -0.367. The number of furan rings is 1. The van der Waals surface area contributed by atoms with Crippen molar-refractivity contribution in [1.82, 2.24) is 4.90 Å². The number of carbonyl (C=O) groups is 1. The van der Waals surface area contributed by atoms with Gasteiger partial charge in [0, 0.05) is 23.5 Å². The number of amides is 1. The fraction of sp³-hybridized carbons (Fsp3) is 0.526. The van der Waals surface area contributed by atoms with Crippen LogP contribution in [0.3, 0.4) is 0 Å². The number of nitrogens with zero attached hydrogens (tertiary/aromatic N) is 1. The van der Waals surface area contributed by atoms with Crippen LogP contribution in [0.2, 0.25) is 0 Å². The van der Waals surface area contributed by atoms with Crippen molar-refractivity contribution in [3.05, 3.63) is 35.1 Å². The quantitative estimate of drug-likeness (QED) is 0.941. The van der Waals surface area contributed by atoms with Crippen molar-refractivity contribution in [3.8, 4) is 0 Å². The van der Waals surface area contributed by atoms with Crippen LogP contribution in [0.1, 0.15) is 42.9 Å². The van der Waals surface area contributed by atoms with Crippen molar-refractivity contribution >= 4 is 16.9 Å². The molecule has 0 saturated carbocycles. The monoisotopic (exact) mass is 315 g/mol.